The maximum Gasteiger partial charge on any atom is 0.174 e. The van der Waals surface area contributed by atoms with Gasteiger partial charge in [-0.15, -0.1) is 0 Å². The number of para-hydroxylation sites is 1. The Hall–Kier alpha value is -2.66. The van der Waals surface area contributed by atoms with Crippen LogP contribution in [0.15, 0.2) is 67.1 Å². The van der Waals surface area contributed by atoms with E-state index in [-0.39, 0.29) is 6.04 Å². The molecule has 0 saturated heterocycles. The maximum absolute atomic E-state index is 5.79. The summed E-state index contributed by atoms with van der Waals surface area (Å²) in [6, 6.07) is 16.7. The number of thiocarbonyl (C=S) groups is 1. The largest absolute Gasteiger partial charge is 0.348 e. The SMILES string of the molecule is Cc1ccccc1NC(=S)N1CCn2cccc2[C@H]1c1ccncc1. The van der Waals surface area contributed by atoms with Crippen molar-refractivity contribution in [1.29, 1.82) is 0 Å². The van der Waals surface area contributed by atoms with Gasteiger partial charge in [0.25, 0.3) is 0 Å². The average molecular weight is 348 g/mol. The summed E-state index contributed by atoms with van der Waals surface area (Å²) < 4.78 is 2.30. The van der Waals surface area contributed by atoms with Crippen LogP contribution in [0.4, 0.5) is 5.69 Å². The van der Waals surface area contributed by atoms with Gasteiger partial charge in [0.15, 0.2) is 5.11 Å². The third-order valence-electron chi connectivity index (χ3n) is 4.71. The minimum absolute atomic E-state index is 0.0933. The average Bonchev–Trinajstić information content (AvgIpc) is 3.12. The van der Waals surface area contributed by atoms with Crippen LogP contribution in [-0.2, 0) is 6.54 Å². The highest BCUT2D eigenvalue weighted by molar-refractivity contribution is 7.80. The van der Waals surface area contributed by atoms with E-state index in [1.54, 1.807) is 0 Å². The number of rotatable bonds is 2. The van der Waals surface area contributed by atoms with E-state index < -0.39 is 0 Å². The molecule has 3 aromatic rings. The second-order valence-electron chi connectivity index (χ2n) is 6.25. The fourth-order valence-corrected chi connectivity index (χ4v) is 3.71. The molecular weight excluding hydrogens is 328 g/mol. The van der Waals surface area contributed by atoms with Crippen molar-refractivity contribution in [1.82, 2.24) is 14.5 Å². The summed E-state index contributed by atoms with van der Waals surface area (Å²) in [6.45, 7) is 3.89. The molecule has 25 heavy (non-hydrogen) atoms. The van der Waals surface area contributed by atoms with E-state index in [1.165, 1.54) is 16.8 Å². The van der Waals surface area contributed by atoms with Crippen molar-refractivity contribution in [2.75, 3.05) is 11.9 Å². The molecule has 0 bridgehead atoms. The topological polar surface area (TPSA) is 33.1 Å². The quantitative estimate of drug-likeness (QED) is 0.710. The van der Waals surface area contributed by atoms with Crippen molar-refractivity contribution in [2.45, 2.75) is 19.5 Å². The Bertz CT molecular complexity index is 887. The molecule has 0 spiro atoms. The third kappa shape index (κ3) is 3.03. The van der Waals surface area contributed by atoms with Gasteiger partial charge in [0.05, 0.1) is 6.04 Å². The van der Waals surface area contributed by atoms with Gasteiger partial charge in [0.2, 0.25) is 0 Å². The Morgan fingerprint density at radius 3 is 2.68 bits per heavy atom. The second kappa shape index (κ2) is 6.69. The minimum Gasteiger partial charge on any atom is -0.348 e. The molecule has 0 aliphatic carbocycles. The van der Waals surface area contributed by atoms with Crippen molar-refractivity contribution in [2.24, 2.45) is 0 Å². The van der Waals surface area contributed by atoms with Crippen LogP contribution in [0.3, 0.4) is 0 Å². The van der Waals surface area contributed by atoms with Gasteiger partial charge in [-0.3, -0.25) is 4.98 Å². The lowest BCUT2D eigenvalue weighted by Gasteiger charge is -2.39. The van der Waals surface area contributed by atoms with Crippen molar-refractivity contribution in [3.05, 3.63) is 83.9 Å². The normalized spacial score (nSPS) is 16.4. The highest BCUT2D eigenvalue weighted by Crippen LogP contribution is 2.32. The number of aryl methyl sites for hydroxylation is 1. The molecule has 0 fully saturated rings. The maximum atomic E-state index is 5.79. The predicted octanol–water partition coefficient (Wildman–Crippen LogP) is 3.99. The summed E-state index contributed by atoms with van der Waals surface area (Å²) in [4.78, 5) is 6.43. The molecule has 0 radical (unpaired) electrons. The fourth-order valence-electron chi connectivity index (χ4n) is 3.40. The third-order valence-corrected chi connectivity index (χ3v) is 5.04. The Morgan fingerprint density at radius 2 is 1.88 bits per heavy atom. The van der Waals surface area contributed by atoms with Gasteiger partial charge in [-0.2, -0.15) is 0 Å². The summed E-state index contributed by atoms with van der Waals surface area (Å²) >= 11 is 5.79. The van der Waals surface area contributed by atoms with Crippen molar-refractivity contribution in [3.8, 4) is 0 Å². The minimum atomic E-state index is 0.0933. The van der Waals surface area contributed by atoms with Crippen LogP contribution in [0.2, 0.25) is 0 Å². The molecule has 1 aromatic carbocycles. The lowest BCUT2D eigenvalue weighted by molar-refractivity contribution is 0.293. The summed E-state index contributed by atoms with van der Waals surface area (Å²) in [5.74, 6) is 0. The van der Waals surface area contributed by atoms with E-state index in [2.05, 4.69) is 69.3 Å². The second-order valence-corrected chi connectivity index (χ2v) is 6.63. The van der Waals surface area contributed by atoms with Crippen LogP contribution in [0.5, 0.6) is 0 Å². The van der Waals surface area contributed by atoms with Crippen LogP contribution >= 0.6 is 12.2 Å². The number of nitrogens with zero attached hydrogens (tertiary/aromatic N) is 3. The number of benzene rings is 1. The Morgan fingerprint density at radius 1 is 1.08 bits per heavy atom. The lowest BCUT2D eigenvalue weighted by Crippen LogP contribution is -2.44. The number of aromatic nitrogens is 2. The monoisotopic (exact) mass is 348 g/mol. The van der Waals surface area contributed by atoms with Crippen LogP contribution in [0.1, 0.15) is 22.9 Å². The van der Waals surface area contributed by atoms with Crippen LogP contribution in [0, 0.1) is 6.92 Å². The predicted molar refractivity (Wildman–Crippen MR) is 105 cm³/mol. The molecule has 1 atom stereocenters. The van der Waals surface area contributed by atoms with Gasteiger partial charge in [0, 0.05) is 43.1 Å². The van der Waals surface area contributed by atoms with Crippen molar-refractivity contribution < 1.29 is 0 Å². The molecule has 1 aliphatic heterocycles. The van der Waals surface area contributed by atoms with Gasteiger partial charge in [-0.25, -0.2) is 0 Å². The van der Waals surface area contributed by atoms with Crippen LogP contribution < -0.4 is 5.32 Å². The first-order valence-electron chi connectivity index (χ1n) is 8.42. The highest BCUT2D eigenvalue weighted by Gasteiger charge is 2.30. The smallest absolute Gasteiger partial charge is 0.174 e. The van der Waals surface area contributed by atoms with E-state index in [0.717, 1.165) is 23.9 Å². The van der Waals surface area contributed by atoms with Crippen LogP contribution in [-0.4, -0.2) is 26.1 Å². The number of anilines is 1. The molecule has 0 amide bonds. The van der Waals surface area contributed by atoms with Crippen LogP contribution in [0.25, 0.3) is 0 Å². The number of hydrogen-bond donors (Lipinski definition) is 1. The molecular formula is C20H20N4S. The zero-order valence-corrected chi connectivity index (χ0v) is 14.9. The molecule has 5 heteroatoms. The molecule has 1 aliphatic rings. The van der Waals surface area contributed by atoms with Gasteiger partial charge in [-0.1, -0.05) is 18.2 Å². The number of nitrogens with one attached hydrogen (secondary N) is 1. The lowest BCUT2D eigenvalue weighted by atomic mass is 10.0. The number of hydrogen-bond acceptors (Lipinski definition) is 2. The Kier molecular flexibility index (Phi) is 4.24. The number of pyridine rings is 1. The first kappa shape index (κ1) is 15.8. The molecule has 1 N–H and O–H groups in total. The summed E-state index contributed by atoms with van der Waals surface area (Å²) in [6.07, 6.45) is 5.82. The van der Waals surface area contributed by atoms with E-state index in [0.29, 0.717) is 0 Å². The number of fused-ring (bicyclic) bond motifs is 1. The highest BCUT2D eigenvalue weighted by atomic mass is 32.1. The molecule has 4 nitrogen and oxygen atoms in total. The zero-order chi connectivity index (χ0) is 17.2. The molecule has 0 unspecified atom stereocenters. The van der Waals surface area contributed by atoms with Gasteiger partial charge < -0.3 is 14.8 Å². The Labute approximate surface area is 153 Å². The summed E-state index contributed by atoms with van der Waals surface area (Å²) in [7, 11) is 0. The molecule has 0 saturated carbocycles. The van der Waals surface area contributed by atoms with E-state index in [1.807, 2.05) is 24.5 Å². The van der Waals surface area contributed by atoms with E-state index in [4.69, 9.17) is 12.2 Å². The van der Waals surface area contributed by atoms with Gasteiger partial charge in [0.1, 0.15) is 0 Å². The van der Waals surface area contributed by atoms with Gasteiger partial charge >= 0.3 is 0 Å². The van der Waals surface area contributed by atoms with E-state index >= 15 is 0 Å². The van der Waals surface area contributed by atoms with Crippen molar-refractivity contribution >= 4 is 23.0 Å². The Balaban J connectivity index is 1.68. The first-order valence-corrected chi connectivity index (χ1v) is 8.83. The zero-order valence-electron chi connectivity index (χ0n) is 14.1. The van der Waals surface area contributed by atoms with Gasteiger partial charge in [-0.05, 0) is 60.6 Å². The molecule has 2 aromatic heterocycles. The molecule has 4 rings (SSSR count). The first-order chi connectivity index (χ1) is 12.2. The fraction of sp³-hybridized carbons (Fsp3) is 0.200. The standard InChI is InChI=1S/C20H20N4S/c1-15-5-2-3-6-17(15)22-20(25)24-14-13-23-12-4-7-18(23)19(24)16-8-10-21-11-9-16/h2-12,19H,13-14H2,1H3,(H,22,25)/t19-/m1/s1. The summed E-state index contributed by atoms with van der Waals surface area (Å²) in [5, 5.41) is 4.19. The molecule has 3 heterocycles. The van der Waals surface area contributed by atoms with Crippen molar-refractivity contribution in [3.63, 3.8) is 0 Å². The summed E-state index contributed by atoms with van der Waals surface area (Å²) in [5.41, 5.74) is 4.70. The van der Waals surface area contributed by atoms with E-state index in [9.17, 15) is 0 Å². The molecule has 126 valence electrons.